The van der Waals surface area contributed by atoms with Gasteiger partial charge in [-0.25, -0.2) is 0 Å². The SMILES string of the molecule is O=C1CC2(CCCOC2)C(=O)N1. The van der Waals surface area contributed by atoms with E-state index in [0.717, 1.165) is 12.8 Å². The lowest BCUT2D eigenvalue weighted by Gasteiger charge is -2.29. The van der Waals surface area contributed by atoms with Crippen molar-refractivity contribution >= 4 is 11.8 Å². The molecule has 12 heavy (non-hydrogen) atoms. The van der Waals surface area contributed by atoms with Crippen LogP contribution in [0.4, 0.5) is 0 Å². The molecule has 2 rings (SSSR count). The lowest BCUT2D eigenvalue weighted by molar-refractivity contribution is -0.134. The zero-order valence-corrected chi connectivity index (χ0v) is 6.76. The van der Waals surface area contributed by atoms with E-state index in [1.54, 1.807) is 0 Å². The smallest absolute Gasteiger partial charge is 0.235 e. The molecule has 2 heterocycles. The van der Waals surface area contributed by atoms with Crippen LogP contribution < -0.4 is 5.32 Å². The van der Waals surface area contributed by atoms with Gasteiger partial charge >= 0.3 is 0 Å². The van der Waals surface area contributed by atoms with Gasteiger partial charge in [0.25, 0.3) is 0 Å². The zero-order chi connectivity index (χ0) is 8.60. The Hall–Kier alpha value is -0.900. The van der Waals surface area contributed by atoms with Crippen molar-refractivity contribution in [2.24, 2.45) is 5.41 Å². The summed E-state index contributed by atoms with van der Waals surface area (Å²) in [6, 6.07) is 0. The maximum atomic E-state index is 11.3. The number of ether oxygens (including phenoxy) is 1. The molecule has 0 bridgehead atoms. The summed E-state index contributed by atoms with van der Waals surface area (Å²) in [6.45, 7) is 1.12. The number of nitrogens with one attached hydrogen (secondary N) is 1. The lowest BCUT2D eigenvalue weighted by atomic mass is 9.81. The topological polar surface area (TPSA) is 55.4 Å². The minimum atomic E-state index is -0.519. The van der Waals surface area contributed by atoms with E-state index in [0.29, 0.717) is 19.6 Å². The van der Waals surface area contributed by atoms with Crippen LogP contribution in [0, 0.1) is 5.41 Å². The fourth-order valence-electron chi connectivity index (χ4n) is 1.86. The summed E-state index contributed by atoms with van der Waals surface area (Å²) >= 11 is 0. The Morgan fingerprint density at radius 2 is 2.25 bits per heavy atom. The van der Waals surface area contributed by atoms with Gasteiger partial charge in [0.1, 0.15) is 0 Å². The van der Waals surface area contributed by atoms with Crippen LogP contribution >= 0.6 is 0 Å². The summed E-state index contributed by atoms with van der Waals surface area (Å²) < 4.78 is 5.21. The second-order valence-electron chi connectivity index (χ2n) is 3.49. The molecule has 1 spiro atoms. The number of carbonyl (C=O) groups excluding carboxylic acids is 2. The highest BCUT2D eigenvalue weighted by atomic mass is 16.5. The van der Waals surface area contributed by atoms with E-state index < -0.39 is 5.41 Å². The Kier molecular flexibility index (Phi) is 1.65. The molecule has 1 N–H and O–H groups in total. The highest BCUT2D eigenvalue weighted by molar-refractivity contribution is 6.05. The van der Waals surface area contributed by atoms with Crippen LogP contribution in [0.2, 0.25) is 0 Å². The van der Waals surface area contributed by atoms with E-state index in [9.17, 15) is 9.59 Å². The van der Waals surface area contributed by atoms with Crippen LogP contribution in [0.3, 0.4) is 0 Å². The molecule has 0 aromatic heterocycles. The molecule has 2 fully saturated rings. The number of rotatable bonds is 0. The molecule has 4 nitrogen and oxygen atoms in total. The molecule has 2 aliphatic heterocycles. The Balaban J connectivity index is 2.18. The largest absolute Gasteiger partial charge is 0.380 e. The summed E-state index contributed by atoms with van der Waals surface area (Å²) in [5.74, 6) is -0.308. The monoisotopic (exact) mass is 169 g/mol. The van der Waals surface area contributed by atoms with E-state index in [-0.39, 0.29) is 11.8 Å². The molecule has 0 aromatic rings. The summed E-state index contributed by atoms with van der Waals surface area (Å²) in [7, 11) is 0. The fourth-order valence-corrected chi connectivity index (χ4v) is 1.86. The molecule has 0 radical (unpaired) electrons. The van der Waals surface area contributed by atoms with Crippen molar-refractivity contribution in [2.45, 2.75) is 19.3 Å². The molecule has 1 atom stereocenters. The molecule has 0 saturated carbocycles. The first-order valence-corrected chi connectivity index (χ1v) is 4.15. The maximum Gasteiger partial charge on any atom is 0.235 e. The van der Waals surface area contributed by atoms with Crippen LogP contribution in [0.1, 0.15) is 19.3 Å². The lowest BCUT2D eigenvalue weighted by Crippen LogP contribution is -2.38. The first kappa shape index (κ1) is 7.73. The Labute approximate surface area is 70.3 Å². The first-order chi connectivity index (χ1) is 5.73. The van der Waals surface area contributed by atoms with Gasteiger partial charge in [0.05, 0.1) is 12.0 Å². The molecule has 1 unspecified atom stereocenters. The molecule has 0 aliphatic carbocycles. The van der Waals surface area contributed by atoms with E-state index in [2.05, 4.69) is 5.32 Å². The maximum absolute atomic E-state index is 11.3. The molecule has 2 saturated heterocycles. The summed E-state index contributed by atoms with van der Waals surface area (Å²) in [6.07, 6.45) is 1.97. The van der Waals surface area contributed by atoms with Crippen molar-refractivity contribution < 1.29 is 14.3 Å². The van der Waals surface area contributed by atoms with Crippen molar-refractivity contribution in [3.05, 3.63) is 0 Å². The number of hydrogen-bond donors (Lipinski definition) is 1. The van der Waals surface area contributed by atoms with Crippen LogP contribution in [-0.4, -0.2) is 25.0 Å². The van der Waals surface area contributed by atoms with Gasteiger partial charge in [-0.15, -0.1) is 0 Å². The number of amides is 2. The molecule has 0 aromatic carbocycles. The standard InChI is InChI=1S/C8H11NO3/c10-6-4-8(7(11)9-6)2-1-3-12-5-8/h1-5H2,(H,9,10,11). The van der Waals surface area contributed by atoms with Crippen molar-refractivity contribution in [3.63, 3.8) is 0 Å². The Bertz CT molecular complexity index is 230. The van der Waals surface area contributed by atoms with Gasteiger partial charge in [-0.1, -0.05) is 0 Å². The average molecular weight is 169 g/mol. The normalized spacial score (nSPS) is 35.7. The second kappa shape index (κ2) is 2.55. The summed E-state index contributed by atoms with van der Waals surface area (Å²) in [4.78, 5) is 22.3. The van der Waals surface area contributed by atoms with E-state index in [4.69, 9.17) is 4.74 Å². The van der Waals surface area contributed by atoms with Gasteiger partial charge in [-0.3, -0.25) is 14.9 Å². The molecular formula is C8H11NO3. The predicted octanol–water partition coefficient (Wildman–Crippen LogP) is -0.170. The quantitative estimate of drug-likeness (QED) is 0.512. The van der Waals surface area contributed by atoms with Crippen molar-refractivity contribution in [3.8, 4) is 0 Å². The Morgan fingerprint density at radius 1 is 1.42 bits per heavy atom. The van der Waals surface area contributed by atoms with Crippen molar-refractivity contribution in [2.75, 3.05) is 13.2 Å². The van der Waals surface area contributed by atoms with Gasteiger partial charge in [0, 0.05) is 13.0 Å². The van der Waals surface area contributed by atoms with Gasteiger partial charge in [-0.2, -0.15) is 0 Å². The van der Waals surface area contributed by atoms with Gasteiger partial charge < -0.3 is 4.74 Å². The first-order valence-electron chi connectivity index (χ1n) is 4.15. The summed E-state index contributed by atoms with van der Waals surface area (Å²) in [5.41, 5.74) is -0.519. The third-order valence-corrected chi connectivity index (χ3v) is 2.56. The minimum absolute atomic E-state index is 0.146. The number of imide groups is 1. The molecule has 2 aliphatic rings. The second-order valence-corrected chi connectivity index (χ2v) is 3.49. The number of hydrogen-bond acceptors (Lipinski definition) is 3. The summed E-state index contributed by atoms with van der Waals surface area (Å²) in [5, 5.41) is 2.32. The third-order valence-electron chi connectivity index (χ3n) is 2.56. The molecule has 4 heteroatoms. The fraction of sp³-hybridized carbons (Fsp3) is 0.750. The van der Waals surface area contributed by atoms with Crippen LogP contribution in [0.25, 0.3) is 0 Å². The average Bonchev–Trinajstić information content (AvgIpc) is 2.29. The zero-order valence-electron chi connectivity index (χ0n) is 6.76. The number of carbonyl (C=O) groups is 2. The van der Waals surface area contributed by atoms with Crippen LogP contribution in [-0.2, 0) is 14.3 Å². The highest BCUT2D eigenvalue weighted by Gasteiger charge is 2.47. The Morgan fingerprint density at radius 3 is 2.75 bits per heavy atom. The molecule has 2 amide bonds. The predicted molar refractivity (Wildman–Crippen MR) is 40.3 cm³/mol. The van der Waals surface area contributed by atoms with Crippen LogP contribution in [0.5, 0.6) is 0 Å². The van der Waals surface area contributed by atoms with E-state index in [1.807, 2.05) is 0 Å². The van der Waals surface area contributed by atoms with E-state index >= 15 is 0 Å². The minimum Gasteiger partial charge on any atom is -0.380 e. The molecular weight excluding hydrogens is 158 g/mol. The van der Waals surface area contributed by atoms with Crippen molar-refractivity contribution in [1.82, 2.24) is 5.32 Å². The molecule has 66 valence electrons. The highest BCUT2D eigenvalue weighted by Crippen LogP contribution is 2.35. The third kappa shape index (κ3) is 1.03. The van der Waals surface area contributed by atoms with Gasteiger partial charge in [0.15, 0.2) is 0 Å². The van der Waals surface area contributed by atoms with Crippen molar-refractivity contribution in [1.29, 1.82) is 0 Å². The van der Waals surface area contributed by atoms with Gasteiger partial charge in [-0.05, 0) is 12.8 Å². The van der Waals surface area contributed by atoms with Crippen LogP contribution in [0.15, 0.2) is 0 Å². The van der Waals surface area contributed by atoms with Gasteiger partial charge in [0.2, 0.25) is 11.8 Å². The van der Waals surface area contributed by atoms with E-state index in [1.165, 1.54) is 0 Å².